The number of carbonyl (C=O) groups excluding carboxylic acids is 2. The Morgan fingerprint density at radius 1 is 1.03 bits per heavy atom. The summed E-state index contributed by atoms with van der Waals surface area (Å²) >= 11 is 0. The van der Waals surface area contributed by atoms with E-state index < -0.39 is 11.6 Å². The Morgan fingerprint density at radius 2 is 1.79 bits per heavy atom. The van der Waals surface area contributed by atoms with Crippen LogP contribution in [0.25, 0.3) is 0 Å². The molecule has 0 spiro atoms. The standard InChI is InChI=1S/C21H21F2N3O3/c22-15-5-6-16(23)17(13-15)24-20(27)14-7-9-25(10-8-14)21(28)26-11-12-29-19-4-2-1-3-18(19)26/h1-6,13-14H,7-12H2,(H,24,27). The van der Waals surface area contributed by atoms with Gasteiger partial charge in [-0.15, -0.1) is 0 Å². The molecule has 2 aromatic carbocycles. The van der Waals surface area contributed by atoms with Gasteiger partial charge in [-0.05, 0) is 37.1 Å². The molecular weight excluding hydrogens is 380 g/mol. The van der Waals surface area contributed by atoms with Crippen molar-refractivity contribution in [3.8, 4) is 5.75 Å². The fourth-order valence-corrected chi connectivity index (χ4v) is 3.70. The van der Waals surface area contributed by atoms with Crippen LogP contribution in [0.4, 0.5) is 25.0 Å². The van der Waals surface area contributed by atoms with Crippen molar-refractivity contribution < 1.29 is 23.1 Å². The minimum atomic E-state index is -0.682. The van der Waals surface area contributed by atoms with E-state index in [1.807, 2.05) is 24.3 Å². The zero-order valence-corrected chi connectivity index (χ0v) is 15.7. The summed E-state index contributed by atoms with van der Waals surface area (Å²) in [6.07, 6.45) is 0.918. The number of nitrogens with one attached hydrogen (secondary N) is 1. The van der Waals surface area contributed by atoms with E-state index in [1.165, 1.54) is 0 Å². The van der Waals surface area contributed by atoms with Crippen molar-refractivity contribution in [2.75, 3.05) is 36.5 Å². The Morgan fingerprint density at radius 3 is 2.59 bits per heavy atom. The first kappa shape index (κ1) is 19.2. The third-order valence-corrected chi connectivity index (χ3v) is 5.28. The zero-order valence-electron chi connectivity index (χ0n) is 15.7. The van der Waals surface area contributed by atoms with Gasteiger partial charge < -0.3 is 15.0 Å². The quantitative estimate of drug-likeness (QED) is 0.836. The molecule has 2 aliphatic rings. The summed E-state index contributed by atoms with van der Waals surface area (Å²) in [5.41, 5.74) is 0.573. The van der Waals surface area contributed by atoms with Crippen LogP contribution >= 0.6 is 0 Å². The summed E-state index contributed by atoms with van der Waals surface area (Å²) in [5.74, 6) is -1.35. The van der Waals surface area contributed by atoms with Gasteiger partial charge in [0.05, 0.1) is 17.9 Å². The van der Waals surface area contributed by atoms with Crippen molar-refractivity contribution in [3.05, 3.63) is 54.1 Å². The summed E-state index contributed by atoms with van der Waals surface area (Å²) in [6.45, 7) is 1.74. The van der Waals surface area contributed by atoms with Crippen LogP contribution in [0.15, 0.2) is 42.5 Å². The number of amides is 3. The SMILES string of the molecule is O=C(Nc1cc(F)ccc1F)C1CCN(C(=O)N2CCOc3ccccc32)CC1. The average Bonchev–Trinajstić information content (AvgIpc) is 2.75. The number of anilines is 2. The fourth-order valence-electron chi connectivity index (χ4n) is 3.70. The third kappa shape index (κ3) is 4.01. The molecule has 0 saturated carbocycles. The smallest absolute Gasteiger partial charge is 0.324 e. The number of piperidine rings is 1. The Hall–Kier alpha value is -3.16. The van der Waals surface area contributed by atoms with E-state index in [1.54, 1.807) is 9.80 Å². The zero-order chi connectivity index (χ0) is 20.4. The molecule has 3 amide bonds. The van der Waals surface area contributed by atoms with Gasteiger partial charge in [0.15, 0.2) is 0 Å². The number of rotatable bonds is 2. The van der Waals surface area contributed by atoms with Crippen LogP contribution < -0.4 is 15.0 Å². The van der Waals surface area contributed by atoms with Crippen LogP contribution in [-0.2, 0) is 4.79 Å². The Balaban J connectivity index is 1.36. The van der Waals surface area contributed by atoms with Crippen molar-refractivity contribution >= 4 is 23.3 Å². The molecule has 0 bridgehead atoms. The minimum absolute atomic E-state index is 0.115. The normalized spacial score (nSPS) is 16.8. The maximum Gasteiger partial charge on any atom is 0.324 e. The number of likely N-dealkylation sites (tertiary alicyclic amines) is 1. The Kier molecular flexibility index (Phi) is 5.33. The Labute approximate surface area is 167 Å². The first-order valence-corrected chi connectivity index (χ1v) is 9.57. The molecule has 0 aromatic heterocycles. The number of halogens is 2. The number of urea groups is 1. The van der Waals surface area contributed by atoms with Gasteiger partial charge in [0.25, 0.3) is 0 Å². The second-order valence-electron chi connectivity index (χ2n) is 7.13. The molecule has 0 aliphatic carbocycles. The molecule has 0 atom stereocenters. The molecule has 29 heavy (non-hydrogen) atoms. The van der Waals surface area contributed by atoms with Crippen molar-refractivity contribution in [2.24, 2.45) is 5.92 Å². The lowest BCUT2D eigenvalue weighted by atomic mass is 9.96. The van der Waals surface area contributed by atoms with Crippen LogP contribution in [-0.4, -0.2) is 43.1 Å². The first-order chi connectivity index (χ1) is 14.0. The highest BCUT2D eigenvalue weighted by atomic mass is 19.1. The minimum Gasteiger partial charge on any atom is -0.490 e. The average molecular weight is 401 g/mol. The van der Waals surface area contributed by atoms with Crippen molar-refractivity contribution in [3.63, 3.8) is 0 Å². The number of para-hydroxylation sites is 2. The van der Waals surface area contributed by atoms with E-state index in [4.69, 9.17) is 4.74 Å². The maximum absolute atomic E-state index is 13.7. The lowest BCUT2D eigenvalue weighted by Gasteiger charge is -2.37. The van der Waals surface area contributed by atoms with E-state index in [2.05, 4.69) is 5.32 Å². The van der Waals surface area contributed by atoms with Gasteiger partial charge in [-0.1, -0.05) is 12.1 Å². The number of fused-ring (bicyclic) bond motifs is 1. The van der Waals surface area contributed by atoms with Crippen molar-refractivity contribution in [1.29, 1.82) is 0 Å². The number of ether oxygens (including phenoxy) is 1. The lowest BCUT2D eigenvalue weighted by Crippen LogP contribution is -2.50. The summed E-state index contributed by atoms with van der Waals surface area (Å²) in [6, 6.07) is 10.2. The Bertz CT molecular complexity index is 929. The molecular formula is C21H21F2N3O3. The van der Waals surface area contributed by atoms with E-state index in [-0.39, 0.29) is 23.5 Å². The fraction of sp³-hybridized carbons (Fsp3) is 0.333. The third-order valence-electron chi connectivity index (χ3n) is 5.28. The molecule has 2 aromatic rings. The second kappa shape index (κ2) is 8.06. The molecule has 2 heterocycles. The number of hydrogen-bond acceptors (Lipinski definition) is 3. The van der Waals surface area contributed by atoms with Crippen LogP contribution in [0.1, 0.15) is 12.8 Å². The molecule has 1 fully saturated rings. The highest BCUT2D eigenvalue weighted by molar-refractivity contribution is 5.95. The van der Waals surface area contributed by atoms with Crippen LogP contribution in [0.5, 0.6) is 5.75 Å². The highest BCUT2D eigenvalue weighted by Gasteiger charge is 2.32. The van der Waals surface area contributed by atoms with E-state index >= 15 is 0 Å². The second-order valence-corrected chi connectivity index (χ2v) is 7.13. The highest BCUT2D eigenvalue weighted by Crippen LogP contribution is 2.32. The van der Waals surface area contributed by atoms with Crippen LogP contribution in [0.2, 0.25) is 0 Å². The van der Waals surface area contributed by atoms with Gasteiger partial charge in [-0.3, -0.25) is 9.69 Å². The van der Waals surface area contributed by atoms with Gasteiger partial charge >= 0.3 is 6.03 Å². The van der Waals surface area contributed by atoms with Crippen molar-refractivity contribution in [1.82, 2.24) is 4.90 Å². The molecule has 2 aliphatic heterocycles. The monoisotopic (exact) mass is 401 g/mol. The summed E-state index contributed by atoms with van der Waals surface area (Å²) in [7, 11) is 0. The van der Waals surface area contributed by atoms with Crippen LogP contribution in [0.3, 0.4) is 0 Å². The molecule has 4 rings (SSSR count). The van der Waals surface area contributed by atoms with Gasteiger partial charge in [-0.25, -0.2) is 13.6 Å². The summed E-state index contributed by atoms with van der Waals surface area (Å²) in [4.78, 5) is 28.8. The number of carbonyl (C=O) groups is 2. The largest absolute Gasteiger partial charge is 0.490 e. The molecule has 1 N–H and O–H groups in total. The molecule has 0 radical (unpaired) electrons. The lowest BCUT2D eigenvalue weighted by molar-refractivity contribution is -0.121. The molecule has 1 saturated heterocycles. The van der Waals surface area contributed by atoms with E-state index in [9.17, 15) is 18.4 Å². The predicted molar refractivity (Wildman–Crippen MR) is 104 cm³/mol. The molecule has 6 nitrogen and oxygen atoms in total. The number of hydrogen-bond donors (Lipinski definition) is 1. The van der Waals surface area contributed by atoms with Gasteiger partial charge in [0, 0.05) is 25.1 Å². The van der Waals surface area contributed by atoms with Gasteiger partial charge in [0.1, 0.15) is 24.0 Å². The summed E-state index contributed by atoms with van der Waals surface area (Å²) in [5, 5.41) is 2.46. The van der Waals surface area contributed by atoms with E-state index in [0.717, 1.165) is 23.9 Å². The molecule has 0 unspecified atom stereocenters. The number of nitrogens with zero attached hydrogens (tertiary/aromatic N) is 2. The van der Waals surface area contributed by atoms with Crippen molar-refractivity contribution in [2.45, 2.75) is 12.8 Å². The van der Waals surface area contributed by atoms with Crippen LogP contribution in [0, 0.1) is 17.6 Å². The van der Waals surface area contributed by atoms with Gasteiger partial charge in [0.2, 0.25) is 5.91 Å². The maximum atomic E-state index is 13.7. The predicted octanol–water partition coefficient (Wildman–Crippen LogP) is 3.63. The summed E-state index contributed by atoms with van der Waals surface area (Å²) < 4.78 is 32.6. The topological polar surface area (TPSA) is 61.9 Å². The van der Waals surface area contributed by atoms with Gasteiger partial charge in [-0.2, -0.15) is 0 Å². The number of benzene rings is 2. The molecule has 152 valence electrons. The molecule has 8 heteroatoms. The van der Waals surface area contributed by atoms with E-state index in [0.29, 0.717) is 44.8 Å². The first-order valence-electron chi connectivity index (χ1n) is 9.57.